The Labute approximate surface area is 134 Å². The highest BCUT2D eigenvalue weighted by molar-refractivity contribution is 5.79. The van der Waals surface area contributed by atoms with Gasteiger partial charge in [0.15, 0.2) is 12.4 Å². The van der Waals surface area contributed by atoms with Crippen LogP contribution in [0, 0.1) is 0 Å². The highest BCUT2D eigenvalue weighted by atomic mass is 16.3. The molecule has 5 heteroatoms. The van der Waals surface area contributed by atoms with Crippen molar-refractivity contribution in [2.45, 2.75) is 6.61 Å². The van der Waals surface area contributed by atoms with E-state index in [1.165, 1.54) is 0 Å². The highest BCUT2D eigenvalue weighted by Gasteiger charge is 2.15. The van der Waals surface area contributed by atoms with Crippen LogP contribution >= 0.6 is 0 Å². The lowest BCUT2D eigenvalue weighted by Gasteiger charge is -1.94. The Morgan fingerprint density at radius 1 is 0.913 bits per heavy atom. The molecule has 0 amide bonds. The van der Waals surface area contributed by atoms with E-state index in [9.17, 15) is 5.11 Å². The predicted octanol–water partition coefficient (Wildman–Crippen LogP) is 2.03. The molecule has 114 valence electrons. The third-order valence-corrected chi connectivity index (χ3v) is 3.28. The van der Waals surface area contributed by atoms with E-state index in [1.807, 2.05) is 60.7 Å². The van der Waals surface area contributed by atoms with Crippen LogP contribution in [0.15, 0.2) is 83.3 Å². The summed E-state index contributed by atoms with van der Waals surface area (Å²) in [6, 6.07) is 19.6. The van der Waals surface area contributed by atoms with Crippen LogP contribution in [-0.2, 0) is 6.61 Å². The summed E-state index contributed by atoms with van der Waals surface area (Å²) in [6.45, 7) is -0.161. The SMILES string of the molecule is OCc1n(/N=C\c2ccccc2)cc[n+]1/N=C\c1ccccc1. The molecule has 0 aliphatic heterocycles. The molecule has 1 N–H and O–H groups in total. The maximum absolute atomic E-state index is 9.59. The second kappa shape index (κ2) is 7.29. The molecule has 0 saturated heterocycles. The van der Waals surface area contributed by atoms with E-state index in [4.69, 9.17) is 0 Å². The maximum atomic E-state index is 9.59. The number of aliphatic hydroxyl groups is 1. The third kappa shape index (κ3) is 3.78. The molecule has 23 heavy (non-hydrogen) atoms. The molecule has 1 aromatic heterocycles. The molecule has 5 nitrogen and oxygen atoms in total. The fraction of sp³-hybridized carbons (Fsp3) is 0.0556. The third-order valence-electron chi connectivity index (χ3n) is 3.28. The number of aliphatic hydroxyl groups excluding tert-OH is 1. The summed E-state index contributed by atoms with van der Waals surface area (Å²) in [7, 11) is 0. The van der Waals surface area contributed by atoms with Gasteiger partial charge in [-0.2, -0.15) is 0 Å². The van der Waals surface area contributed by atoms with Gasteiger partial charge in [0.2, 0.25) is 0 Å². The molecule has 3 aromatic rings. The predicted molar refractivity (Wildman–Crippen MR) is 89.4 cm³/mol. The van der Waals surface area contributed by atoms with Crippen molar-refractivity contribution >= 4 is 12.4 Å². The molecule has 0 aliphatic carbocycles. The molecule has 0 saturated carbocycles. The van der Waals surface area contributed by atoms with Crippen LogP contribution in [0.25, 0.3) is 0 Å². The molecule has 0 spiro atoms. The van der Waals surface area contributed by atoms with Gasteiger partial charge in [0, 0.05) is 0 Å². The maximum Gasteiger partial charge on any atom is 0.333 e. The van der Waals surface area contributed by atoms with Gasteiger partial charge in [-0.15, -0.1) is 9.35 Å². The first kappa shape index (κ1) is 14.9. The zero-order valence-electron chi connectivity index (χ0n) is 12.5. The minimum Gasteiger partial charge on any atom is -0.383 e. The average molecular weight is 305 g/mol. The Hall–Kier alpha value is -3.05. The summed E-state index contributed by atoms with van der Waals surface area (Å²) in [6.07, 6.45) is 7.00. The minimum atomic E-state index is -0.161. The van der Waals surface area contributed by atoms with Crippen molar-refractivity contribution in [3.8, 4) is 0 Å². The van der Waals surface area contributed by atoms with Crippen molar-refractivity contribution in [2.24, 2.45) is 10.2 Å². The van der Waals surface area contributed by atoms with Crippen LogP contribution in [0.3, 0.4) is 0 Å². The van der Waals surface area contributed by atoms with Gasteiger partial charge in [0.05, 0.1) is 12.4 Å². The minimum absolute atomic E-state index is 0.161. The van der Waals surface area contributed by atoms with E-state index >= 15 is 0 Å². The molecule has 0 fully saturated rings. The van der Waals surface area contributed by atoms with E-state index < -0.39 is 0 Å². The summed E-state index contributed by atoms with van der Waals surface area (Å²) in [5.41, 5.74) is 1.98. The topological polar surface area (TPSA) is 53.8 Å². The van der Waals surface area contributed by atoms with E-state index in [0.29, 0.717) is 5.82 Å². The first-order chi connectivity index (χ1) is 11.4. The van der Waals surface area contributed by atoms with Crippen molar-refractivity contribution in [3.63, 3.8) is 0 Å². The van der Waals surface area contributed by atoms with Crippen molar-refractivity contribution in [1.29, 1.82) is 0 Å². The van der Waals surface area contributed by atoms with Crippen LogP contribution < -0.4 is 4.68 Å². The lowest BCUT2D eigenvalue weighted by Crippen LogP contribution is -2.31. The fourth-order valence-corrected chi connectivity index (χ4v) is 2.09. The summed E-state index contributed by atoms with van der Waals surface area (Å²) < 4.78 is 3.21. The fourth-order valence-electron chi connectivity index (χ4n) is 2.09. The first-order valence-corrected chi connectivity index (χ1v) is 7.28. The number of hydrogen-bond acceptors (Lipinski definition) is 3. The molecular formula is C18H17N4O+. The molecule has 3 rings (SSSR count). The van der Waals surface area contributed by atoms with Gasteiger partial charge in [0.25, 0.3) is 0 Å². The number of hydrogen-bond donors (Lipinski definition) is 1. The molecule has 0 bridgehead atoms. The van der Waals surface area contributed by atoms with Gasteiger partial charge in [-0.1, -0.05) is 70.9 Å². The van der Waals surface area contributed by atoms with Gasteiger partial charge in [-0.05, 0) is 11.1 Å². The van der Waals surface area contributed by atoms with Crippen LogP contribution in [0.2, 0.25) is 0 Å². The van der Waals surface area contributed by atoms with Crippen molar-refractivity contribution < 1.29 is 9.78 Å². The Bertz CT molecular complexity index is 741. The Morgan fingerprint density at radius 3 is 2.13 bits per heavy atom. The smallest absolute Gasteiger partial charge is 0.333 e. The standard InChI is InChI=1S/C18H17N4O/c23-15-18-21(19-13-16-7-3-1-4-8-16)11-12-22(18)20-14-17-9-5-2-6-10-17/h1-14,23H,15H2/q+1/b19-13-,20-14-. The lowest BCUT2D eigenvalue weighted by atomic mass is 10.2. The second-order valence-corrected chi connectivity index (χ2v) is 4.87. The quantitative estimate of drug-likeness (QED) is 0.569. The Balaban J connectivity index is 1.82. The summed E-state index contributed by atoms with van der Waals surface area (Å²) in [5, 5.41) is 18.3. The molecule has 0 aliphatic rings. The molecule has 0 unspecified atom stereocenters. The van der Waals surface area contributed by atoms with Crippen LogP contribution in [0.5, 0.6) is 0 Å². The number of benzene rings is 2. The lowest BCUT2D eigenvalue weighted by molar-refractivity contribution is -0.687. The summed E-state index contributed by atoms with van der Waals surface area (Å²) in [5.74, 6) is 0.573. The van der Waals surface area contributed by atoms with E-state index in [1.54, 1.807) is 34.2 Å². The number of rotatable bonds is 5. The van der Waals surface area contributed by atoms with Crippen molar-refractivity contribution in [1.82, 2.24) is 4.68 Å². The monoisotopic (exact) mass is 305 g/mol. The second-order valence-electron chi connectivity index (χ2n) is 4.87. The van der Waals surface area contributed by atoms with E-state index in [-0.39, 0.29) is 6.61 Å². The summed E-state index contributed by atoms with van der Waals surface area (Å²) >= 11 is 0. The highest BCUT2D eigenvalue weighted by Crippen LogP contribution is 1.99. The van der Waals surface area contributed by atoms with Crippen LogP contribution in [-0.4, -0.2) is 22.2 Å². The summed E-state index contributed by atoms with van der Waals surface area (Å²) in [4.78, 5) is 0. The van der Waals surface area contributed by atoms with Gasteiger partial charge in [-0.25, -0.2) is 0 Å². The number of imidazole rings is 1. The molecule has 0 atom stereocenters. The van der Waals surface area contributed by atoms with Gasteiger partial charge in [0.1, 0.15) is 6.61 Å². The van der Waals surface area contributed by atoms with Gasteiger partial charge in [-0.3, -0.25) is 0 Å². The van der Waals surface area contributed by atoms with Gasteiger partial charge < -0.3 is 5.11 Å². The molecule has 0 radical (unpaired) electrons. The average Bonchev–Trinajstić information content (AvgIpc) is 3.02. The molecule has 2 aromatic carbocycles. The number of nitrogens with zero attached hydrogens (tertiary/aromatic N) is 4. The van der Waals surface area contributed by atoms with Crippen LogP contribution in [0.1, 0.15) is 17.0 Å². The number of aromatic nitrogens is 2. The van der Waals surface area contributed by atoms with Crippen LogP contribution in [0.4, 0.5) is 0 Å². The normalized spacial score (nSPS) is 11.5. The Kier molecular flexibility index (Phi) is 4.71. The zero-order chi connectivity index (χ0) is 15.9. The largest absolute Gasteiger partial charge is 0.383 e. The molecule has 1 heterocycles. The van der Waals surface area contributed by atoms with E-state index in [2.05, 4.69) is 10.2 Å². The van der Waals surface area contributed by atoms with Crippen molar-refractivity contribution in [3.05, 3.63) is 90.0 Å². The zero-order valence-corrected chi connectivity index (χ0v) is 12.5. The van der Waals surface area contributed by atoms with E-state index in [0.717, 1.165) is 11.1 Å². The first-order valence-electron chi connectivity index (χ1n) is 7.28. The van der Waals surface area contributed by atoms with Gasteiger partial charge >= 0.3 is 5.82 Å². The Morgan fingerprint density at radius 2 is 1.52 bits per heavy atom. The van der Waals surface area contributed by atoms with Crippen molar-refractivity contribution in [2.75, 3.05) is 0 Å². The molecular weight excluding hydrogens is 288 g/mol.